The Morgan fingerprint density at radius 1 is 1.60 bits per heavy atom. The van der Waals surface area contributed by atoms with Crippen LogP contribution < -0.4 is 0 Å². The number of rotatable bonds is 2. The maximum Gasteiger partial charge on any atom is 0.350 e. The summed E-state index contributed by atoms with van der Waals surface area (Å²) in [5.74, 6) is -1.16. The SMILES string of the molecule is COC(=O)C(O)S(C)(=O)=O. The molecule has 0 radical (unpaired) electrons. The summed E-state index contributed by atoms with van der Waals surface area (Å²) in [6.07, 6.45) is 0.745. The van der Waals surface area contributed by atoms with Crippen LogP contribution in [0.2, 0.25) is 0 Å². The molecule has 10 heavy (non-hydrogen) atoms. The average Bonchev–Trinajstić information content (AvgIpc) is 1.83. The maximum atomic E-state index is 10.4. The lowest BCUT2D eigenvalue weighted by Gasteiger charge is -2.03. The van der Waals surface area contributed by atoms with E-state index in [1.54, 1.807) is 0 Å². The molecule has 1 N–H and O–H groups in total. The van der Waals surface area contributed by atoms with Crippen LogP contribution in [-0.4, -0.2) is 38.3 Å². The predicted octanol–water partition coefficient (Wildman–Crippen LogP) is -1.48. The third-order valence-corrected chi connectivity index (χ3v) is 1.81. The van der Waals surface area contributed by atoms with Crippen LogP contribution in [0, 0.1) is 0 Å². The average molecular weight is 168 g/mol. The van der Waals surface area contributed by atoms with E-state index in [0.29, 0.717) is 0 Å². The Labute approximate surface area is 58.5 Å². The summed E-state index contributed by atoms with van der Waals surface area (Å²) >= 11 is 0. The summed E-state index contributed by atoms with van der Waals surface area (Å²) in [7, 11) is -2.74. The molecule has 0 fully saturated rings. The second-order valence-corrected chi connectivity index (χ2v) is 3.81. The van der Waals surface area contributed by atoms with E-state index in [9.17, 15) is 13.2 Å². The van der Waals surface area contributed by atoms with Crippen molar-refractivity contribution in [3.05, 3.63) is 0 Å². The molecule has 0 aromatic rings. The van der Waals surface area contributed by atoms with Gasteiger partial charge in [-0.05, 0) is 0 Å². The first-order valence-corrected chi connectivity index (χ1v) is 4.30. The third-order valence-electron chi connectivity index (χ3n) is 0.808. The lowest BCUT2D eigenvalue weighted by atomic mass is 10.7. The molecular formula is C4H8O5S. The van der Waals surface area contributed by atoms with Crippen molar-refractivity contribution in [1.29, 1.82) is 0 Å². The number of aliphatic hydroxyl groups is 1. The number of carbonyl (C=O) groups is 1. The molecule has 0 saturated carbocycles. The second-order valence-electron chi connectivity index (χ2n) is 1.71. The molecular weight excluding hydrogens is 160 g/mol. The Kier molecular flexibility index (Phi) is 2.79. The minimum Gasteiger partial charge on any atom is -0.466 e. The van der Waals surface area contributed by atoms with Crippen molar-refractivity contribution in [3.8, 4) is 0 Å². The van der Waals surface area contributed by atoms with E-state index in [1.807, 2.05) is 0 Å². The second kappa shape index (κ2) is 2.98. The highest BCUT2D eigenvalue weighted by Crippen LogP contribution is 1.95. The first-order chi connectivity index (χ1) is 4.39. The highest BCUT2D eigenvalue weighted by molar-refractivity contribution is 7.91. The van der Waals surface area contributed by atoms with Gasteiger partial charge in [0.15, 0.2) is 9.84 Å². The molecule has 0 aromatic carbocycles. The van der Waals surface area contributed by atoms with Crippen LogP contribution in [0.5, 0.6) is 0 Å². The molecule has 0 rings (SSSR count). The van der Waals surface area contributed by atoms with Crippen molar-refractivity contribution >= 4 is 15.8 Å². The molecule has 0 aliphatic carbocycles. The summed E-state index contributed by atoms with van der Waals surface area (Å²) in [6, 6.07) is 0. The fourth-order valence-electron chi connectivity index (χ4n) is 0.276. The van der Waals surface area contributed by atoms with Crippen LogP contribution >= 0.6 is 0 Å². The summed E-state index contributed by atoms with van der Waals surface area (Å²) in [6.45, 7) is 0. The van der Waals surface area contributed by atoms with Crippen molar-refractivity contribution in [1.82, 2.24) is 0 Å². The number of hydrogen-bond donors (Lipinski definition) is 1. The molecule has 5 nitrogen and oxygen atoms in total. The van der Waals surface area contributed by atoms with E-state index in [4.69, 9.17) is 5.11 Å². The van der Waals surface area contributed by atoms with Crippen LogP contribution in [0.4, 0.5) is 0 Å². The molecule has 0 saturated heterocycles. The molecule has 0 aliphatic heterocycles. The van der Waals surface area contributed by atoms with E-state index >= 15 is 0 Å². The van der Waals surface area contributed by atoms with Gasteiger partial charge in [-0.2, -0.15) is 0 Å². The third kappa shape index (κ3) is 2.32. The highest BCUT2D eigenvalue weighted by Gasteiger charge is 2.26. The lowest BCUT2D eigenvalue weighted by Crippen LogP contribution is -2.29. The number of methoxy groups -OCH3 is 1. The fraction of sp³-hybridized carbons (Fsp3) is 0.750. The number of ether oxygens (including phenoxy) is 1. The van der Waals surface area contributed by atoms with Crippen LogP contribution in [0.25, 0.3) is 0 Å². The molecule has 1 atom stereocenters. The molecule has 60 valence electrons. The first kappa shape index (κ1) is 9.38. The Hall–Kier alpha value is -0.620. The predicted molar refractivity (Wildman–Crippen MR) is 32.9 cm³/mol. The molecule has 0 heterocycles. The van der Waals surface area contributed by atoms with Crippen molar-refractivity contribution in [3.63, 3.8) is 0 Å². The van der Waals surface area contributed by atoms with Crippen molar-refractivity contribution < 1.29 is 23.1 Å². The highest BCUT2D eigenvalue weighted by atomic mass is 32.2. The number of esters is 1. The Morgan fingerprint density at radius 3 is 2.10 bits per heavy atom. The quantitative estimate of drug-likeness (QED) is 0.509. The smallest absolute Gasteiger partial charge is 0.350 e. The molecule has 0 bridgehead atoms. The van der Waals surface area contributed by atoms with Gasteiger partial charge in [0.25, 0.3) is 5.44 Å². The number of hydrogen-bond acceptors (Lipinski definition) is 5. The van der Waals surface area contributed by atoms with E-state index in [-0.39, 0.29) is 0 Å². The molecule has 0 aliphatic rings. The van der Waals surface area contributed by atoms with Gasteiger partial charge in [0.05, 0.1) is 7.11 Å². The normalized spacial score (nSPS) is 14.3. The van der Waals surface area contributed by atoms with Crippen molar-refractivity contribution in [2.24, 2.45) is 0 Å². The van der Waals surface area contributed by atoms with Crippen LogP contribution in [-0.2, 0) is 19.4 Å². The minimum atomic E-state index is -3.73. The monoisotopic (exact) mass is 168 g/mol. The summed E-state index contributed by atoms with van der Waals surface area (Å²) < 4.78 is 24.7. The summed E-state index contributed by atoms with van der Waals surface area (Å²) in [5, 5.41) is 8.59. The maximum absolute atomic E-state index is 10.4. The van der Waals surface area contributed by atoms with Gasteiger partial charge in [-0.1, -0.05) is 0 Å². The molecule has 6 heteroatoms. The number of carbonyl (C=O) groups excluding carboxylic acids is 1. The Bertz CT molecular complexity index is 216. The van der Waals surface area contributed by atoms with Gasteiger partial charge < -0.3 is 9.84 Å². The van der Waals surface area contributed by atoms with Gasteiger partial charge in [0.2, 0.25) is 0 Å². The summed E-state index contributed by atoms with van der Waals surface area (Å²) in [5.41, 5.74) is -2.06. The van der Waals surface area contributed by atoms with Gasteiger partial charge in [-0.3, -0.25) is 0 Å². The largest absolute Gasteiger partial charge is 0.466 e. The molecule has 0 aromatic heterocycles. The van der Waals surface area contributed by atoms with Crippen LogP contribution in [0.15, 0.2) is 0 Å². The number of sulfone groups is 1. The lowest BCUT2D eigenvalue weighted by molar-refractivity contribution is -0.145. The first-order valence-electron chi connectivity index (χ1n) is 2.34. The van der Waals surface area contributed by atoms with Crippen LogP contribution in [0.3, 0.4) is 0 Å². The zero-order valence-electron chi connectivity index (χ0n) is 5.57. The van der Waals surface area contributed by atoms with E-state index in [1.165, 1.54) is 0 Å². The Balaban J connectivity index is 4.39. The van der Waals surface area contributed by atoms with Crippen molar-refractivity contribution in [2.75, 3.05) is 13.4 Å². The van der Waals surface area contributed by atoms with Gasteiger partial charge in [0, 0.05) is 6.26 Å². The Morgan fingerprint density at radius 2 is 2.00 bits per heavy atom. The zero-order valence-corrected chi connectivity index (χ0v) is 6.38. The van der Waals surface area contributed by atoms with E-state index < -0.39 is 21.2 Å². The number of aliphatic hydroxyl groups excluding tert-OH is 1. The van der Waals surface area contributed by atoms with Gasteiger partial charge in [0.1, 0.15) is 0 Å². The van der Waals surface area contributed by atoms with Gasteiger partial charge in [-0.25, -0.2) is 13.2 Å². The van der Waals surface area contributed by atoms with Gasteiger partial charge >= 0.3 is 5.97 Å². The van der Waals surface area contributed by atoms with E-state index in [0.717, 1.165) is 13.4 Å². The van der Waals surface area contributed by atoms with Gasteiger partial charge in [-0.15, -0.1) is 0 Å². The van der Waals surface area contributed by atoms with Crippen LogP contribution in [0.1, 0.15) is 0 Å². The molecule has 0 spiro atoms. The van der Waals surface area contributed by atoms with E-state index in [2.05, 4.69) is 4.74 Å². The minimum absolute atomic E-state index is 0.745. The topological polar surface area (TPSA) is 80.7 Å². The van der Waals surface area contributed by atoms with Crippen molar-refractivity contribution in [2.45, 2.75) is 5.44 Å². The fourth-order valence-corrected chi connectivity index (χ4v) is 0.721. The zero-order chi connectivity index (χ0) is 8.36. The molecule has 1 unspecified atom stereocenters. The summed E-state index contributed by atoms with van der Waals surface area (Å²) in [4.78, 5) is 10.3. The molecule has 0 amide bonds. The standard InChI is InChI=1S/C4H8O5S/c1-9-3(5)4(6)10(2,7)8/h4,6H,1-2H3.